The number of carbonyl (C=O) groups is 3. The predicted molar refractivity (Wildman–Crippen MR) is 143 cm³/mol. The highest BCUT2D eigenvalue weighted by Crippen LogP contribution is 2.25. The fraction of sp³-hybridized carbons (Fsp3) is 0.586. The zero-order valence-electron chi connectivity index (χ0n) is 22.9. The summed E-state index contributed by atoms with van der Waals surface area (Å²) < 4.78 is 13.3. The molecule has 9 nitrogen and oxygen atoms in total. The van der Waals surface area contributed by atoms with Crippen LogP contribution in [0.1, 0.15) is 88.9 Å². The van der Waals surface area contributed by atoms with Crippen LogP contribution in [0, 0.1) is 5.41 Å². The monoisotopic (exact) mass is 524 g/mol. The zero-order valence-corrected chi connectivity index (χ0v) is 22.9. The molecule has 0 radical (unpaired) electrons. The van der Waals surface area contributed by atoms with E-state index in [0.717, 1.165) is 50.2 Å². The van der Waals surface area contributed by atoms with E-state index in [9.17, 15) is 14.4 Å². The number of nitrogens with one attached hydrogen (secondary N) is 1. The largest absolute Gasteiger partial charge is 0.461 e. The van der Waals surface area contributed by atoms with Crippen molar-refractivity contribution in [2.75, 3.05) is 39.5 Å². The second-order valence-corrected chi connectivity index (χ2v) is 10.9. The molecule has 1 aromatic heterocycles. The summed E-state index contributed by atoms with van der Waals surface area (Å²) in [6.07, 6.45) is 4.95. The van der Waals surface area contributed by atoms with Gasteiger partial charge in [0.15, 0.2) is 0 Å². The third kappa shape index (κ3) is 6.81. The molecule has 0 spiro atoms. The summed E-state index contributed by atoms with van der Waals surface area (Å²) in [4.78, 5) is 40.5. The van der Waals surface area contributed by atoms with Crippen LogP contribution in [-0.4, -0.2) is 71.9 Å². The number of aryl methyl sites for hydroxylation is 1. The van der Waals surface area contributed by atoms with Gasteiger partial charge in [0.25, 0.3) is 11.8 Å². The number of hydrogen-bond donors (Lipinski definition) is 1. The maximum absolute atomic E-state index is 13.0. The van der Waals surface area contributed by atoms with Gasteiger partial charge in [0.05, 0.1) is 29.1 Å². The highest BCUT2D eigenvalue weighted by atomic mass is 16.5. The Kier molecular flexibility index (Phi) is 9.20. The van der Waals surface area contributed by atoms with Gasteiger partial charge in [0, 0.05) is 50.4 Å². The number of carbonyl (C=O) groups excluding carboxylic acids is 3. The van der Waals surface area contributed by atoms with Gasteiger partial charge in [-0.1, -0.05) is 26.8 Å². The van der Waals surface area contributed by atoms with Crippen molar-refractivity contribution in [2.24, 2.45) is 5.41 Å². The van der Waals surface area contributed by atoms with Crippen molar-refractivity contribution >= 4 is 17.8 Å². The average Bonchev–Trinajstić information content (AvgIpc) is 3.55. The number of nitrogens with zero attached hydrogens (tertiary/aromatic N) is 3. The van der Waals surface area contributed by atoms with E-state index in [4.69, 9.17) is 14.6 Å². The number of aromatic nitrogens is 2. The molecule has 2 aliphatic heterocycles. The Bertz CT molecular complexity index is 1150. The van der Waals surface area contributed by atoms with E-state index in [-0.39, 0.29) is 18.4 Å². The minimum atomic E-state index is -0.459. The van der Waals surface area contributed by atoms with Crippen molar-refractivity contribution in [3.05, 3.63) is 52.3 Å². The lowest BCUT2D eigenvalue weighted by Gasteiger charge is -2.25. The fourth-order valence-electron chi connectivity index (χ4n) is 5.03. The maximum Gasteiger partial charge on any atom is 0.338 e. The molecule has 0 atom stereocenters. The Balaban J connectivity index is 1.45. The van der Waals surface area contributed by atoms with Gasteiger partial charge in [-0.25, -0.2) is 4.79 Å². The van der Waals surface area contributed by atoms with Gasteiger partial charge in [0.1, 0.15) is 0 Å². The standard InChI is InChI=1S/C29H40N4O5/c1-4-23-25-24(12-8-16-37-17-9-13-30-26(25)34)33(31-23)19-29(2,3)20-38-28(36)22-11-7-10-21(18-22)27(35)32-14-5-6-15-32/h7,10-11,18H,4-6,8-9,12-17,19-20H2,1-3H3,(H,30,34). The van der Waals surface area contributed by atoms with Crippen LogP contribution < -0.4 is 5.32 Å². The first-order chi connectivity index (χ1) is 18.3. The highest BCUT2D eigenvalue weighted by molar-refractivity contribution is 5.98. The summed E-state index contributed by atoms with van der Waals surface area (Å²) in [5.74, 6) is -0.590. The molecule has 1 aromatic carbocycles. The molecular formula is C29H40N4O5. The van der Waals surface area contributed by atoms with Crippen LogP contribution in [0.15, 0.2) is 24.3 Å². The molecule has 1 saturated heterocycles. The molecule has 1 N–H and O–H groups in total. The first-order valence-corrected chi connectivity index (χ1v) is 13.8. The smallest absolute Gasteiger partial charge is 0.338 e. The molecule has 38 heavy (non-hydrogen) atoms. The Hall–Kier alpha value is -3.20. The molecule has 4 rings (SSSR count). The van der Waals surface area contributed by atoms with Crippen molar-refractivity contribution in [3.8, 4) is 0 Å². The summed E-state index contributed by atoms with van der Waals surface area (Å²) in [6, 6.07) is 6.76. The third-order valence-electron chi connectivity index (χ3n) is 7.06. The quantitative estimate of drug-likeness (QED) is 0.555. The molecule has 3 heterocycles. The van der Waals surface area contributed by atoms with E-state index in [1.54, 1.807) is 24.3 Å². The summed E-state index contributed by atoms with van der Waals surface area (Å²) in [5.41, 5.74) is 2.78. The molecule has 0 unspecified atom stereocenters. The van der Waals surface area contributed by atoms with Crippen LogP contribution in [0.4, 0.5) is 0 Å². The van der Waals surface area contributed by atoms with E-state index in [1.165, 1.54) is 0 Å². The van der Waals surface area contributed by atoms with Crippen LogP contribution in [0.2, 0.25) is 0 Å². The van der Waals surface area contributed by atoms with E-state index in [1.807, 2.05) is 30.4 Å². The SMILES string of the molecule is CCc1nn(CC(C)(C)COC(=O)c2cccc(C(=O)N3CCCC3)c2)c2c1C(=O)NCCCOCCC2. The molecule has 0 aliphatic carbocycles. The van der Waals surface area contributed by atoms with Crippen molar-refractivity contribution in [2.45, 2.75) is 65.8 Å². The normalized spacial score (nSPS) is 16.9. The predicted octanol–water partition coefficient (Wildman–Crippen LogP) is 3.65. The van der Waals surface area contributed by atoms with Crippen molar-refractivity contribution in [3.63, 3.8) is 0 Å². The van der Waals surface area contributed by atoms with Gasteiger partial charge >= 0.3 is 5.97 Å². The fourth-order valence-corrected chi connectivity index (χ4v) is 5.03. The second kappa shape index (κ2) is 12.6. The highest BCUT2D eigenvalue weighted by Gasteiger charge is 2.28. The lowest BCUT2D eigenvalue weighted by molar-refractivity contribution is 0.0304. The van der Waals surface area contributed by atoms with Gasteiger partial charge in [-0.3, -0.25) is 14.3 Å². The minimum absolute atomic E-state index is 0.0453. The van der Waals surface area contributed by atoms with Crippen LogP contribution in [-0.2, 0) is 28.9 Å². The Morgan fingerprint density at radius 2 is 1.84 bits per heavy atom. The lowest BCUT2D eigenvalue weighted by Crippen LogP contribution is -2.30. The molecule has 9 heteroatoms. The Labute approximate surface area is 224 Å². The number of esters is 1. The van der Waals surface area contributed by atoms with Crippen LogP contribution in [0.5, 0.6) is 0 Å². The molecule has 0 bridgehead atoms. The van der Waals surface area contributed by atoms with E-state index in [0.29, 0.717) is 55.8 Å². The number of likely N-dealkylation sites (tertiary alicyclic amines) is 1. The lowest BCUT2D eigenvalue weighted by atomic mass is 9.94. The number of benzene rings is 1. The van der Waals surface area contributed by atoms with Gasteiger partial charge in [-0.15, -0.1) is 0 Å². The molecule has 2 aliphatic rings. The van der Waals surface area contributed by atoms with Gasteiger partial charge in [-0.05, 0) is 56.7 Å². The summed E-state index contributed by atoms with van der Waals surface area (Å²) in [7, 11) is 0. The van der Waals surface area contributed by atoms with E-state index < -0.39 is 11.4 Å². The second-order valence-electron chi connectivity index (χ2n) is 10.9. The van der Waals surface area contributed by atoms with Crippen LogP contribution >= 0.6 is 0 Å². The van der Waals surface area contributed by atoms with Crippen molar-refractivity contribution < 1.29 is 23.9 Å². The minimum Gasteiger partial charge on any atom is -0.461 e. The van der Waals surface area contributed by atoms with Crippen LogP contribution in [0.3, 0.4) is 0 Å². The first kappa shape index (κ1) is 27.8. The Morgan fingerprint density at radius 3 is 2.61 bits per heavy atom. The average molecular weight is 525 g/mol. The van der Waals surface area contributed by atoms with Gasteiger partial charge < -0.3 is 19.7 Å². The number of hydrogen-bond acceptors (Lipinski definition) is 6. The zero-order chi connectivity index (χ0) is 27.1. The number of ether oxygens (including phenoxy) is 2. The summed E-state index contributed by atoms with van der Waals surface area (Å²) in [5, 5.41) is 7.81. The summed E-state index contributed by atoms with van der Waals surface area (Å²) in [6.45, 7) is 10.1. The molecule has 1 fully saturated rings. The maximum atomic E-state index is 13.0. The first-order valence-electron chi connectivity index (χ1n) is 13.8. The van der Waals surface area contributed by atoms with Crippen molar-refractivity contribution in [1.29, 1.82) is 0 Å². The summed E-state index contributed by atoms with van der Waals surface area (Å²) >= 11 is 0. The number of amides is 2. The Morgan fingerprint density at radius 1 is 1.11 bits per heavy atom. The van der Waals surface area contributed by atoms with Crippen molar-refractivity contribution in [1.82, 2.24) is 20.0 Å². The van der Waals surface area contributed by atoms with Gasteiger partial charge in [0.2, 0.25) is 0 Å². The molecule has 2 amide bonds. The van der Waals surface area contributed by atoms with E-state index >= 15 is 0 Å². The topological polar surface area (TPSA) is 103 Å². The molecular weight excluding hydrogens is 484 g/mol. The third-order valence-corrected chi connectivity index (χ3v) is 7.06. The number of fused-ring (bicyclic) bond motifs is 1. The number of rotatable bonds is 7. The van der Waals surface area contributed by atoms with Gasteiger partial charge in [-0.2, -0.15) is 5.10 Å². The molecule has 2 aromatic rings. The van der Waals surface area contributed by atoms with Crippen LogP contribution in [0.25, 0.3) is 0 Å². The molecule has 206 valence electrons. The molecule has 0 saturated carbocycles. The van der Waals surface area contributed by atoms with E-state index in [2.05, 4.69) is 5.32 Å².